The van der Waals surface area contributed by atoms with E-state index in [0.29, 0.717) is 5.69 Å². The Morgan fingerprint density at radius 1 is 0.808 bits per heavy atom. The zero-order chi connectivity index (χ0) is 18.4. The average molecular weight is 349 g/mol. The molecule has 0 spiro atoms. The third-order valence-corrected chi connectivity index (χ3v) is 3.71. The van der Waals surface area contributed by atoms with E-state index >= 15 is 0 Å². The first-order valence-corrected chi connectivity index (χ1v) is 8.19. The summed E-state index contributed by atoms with van der Waals surface area (Å²) in [6.45, 7) is 1.78. The molecule has 2 aromatic carbocycles. The number of carbonyl (C=O) groups excluding carboxylic acids is 2. The molecular weight excluding hydrogens is 330 g/mol. The third-order valence-electron chi connectivity index (χ3n) is 3.71. The van der Waals surface area contributed by atoms with Crippen LogP contribution < -0.4 is 16.0 Å². The number of nitrogens with one attached hydrogen (secondary N) is 3. The van der Waals surface area contributed by atoms with Crippen LogP contribution in [0.5, 0.6) is 0 Å². The van der Waals surface area contributed by atoms with Crippen molar-refractivity contribution >= 4 is 28.9 Å². The monoisotopic (exact) mass is 349 g/mol. The largest absolute Gasteiger partial charge is 0.459 e. The fourth-order valence-corrected chi connectivity index (χ4v) is 2.34. The van der Waals surface area contributed by atoms with Crippen LogP contribution in [0.3, 0.4) is 0 Å². The van der Waals surface area contributed by atoms with E-state index < -0.39 is 6.04 Å². The number of hydrogen-bond donors (Lipinski definition) is 3. The summed E-state index contributed by atoms with van der Waals surface area (Å²) >= 11 is 0. The number of rotatable bonds is 6. The maximum Gasteiger partial charge on any atom is 0.291 e. The molecule has 0 radical (unpaired) electrons. The molecule has 1 heterocycles. The highest BCUT2D eigenvalue weighted by Crippen LogP contribution is 2.16. The first-order valence-electron chi connectivity index (χ1n) is 8.19. The molecular formula is C20H19N3O3. The van der Waals surface area contributed by atoms with Gasteiger partial charge in [-0.1, -0.05) is 18.2 Å². The Morgan fingerprint density at radius 3 is 2.12 bits per heavy atom. The Morgan fingerprint density at radius 2 is 1.46 bits per heavy atom. The molecule has 26 heavy (non-hydrogen) atoms. The Hall–Kier alpha value is -3.54. The smallest absolute Gasteiger partial charge is 0.291 e. The molecule has 1 atom stereocenters. The van der Waals surface area contributed by atoms with Gasteiger partial charge in [-0.15, -0.1) is 0 Å². The minimum atomic E-state index is -0.418. The second-order valence-corrected chi connectivity index (χ2v) is 5.73. The predicted octanol–water partition coefficient (Wildman–Crippen LogP) is 3.97. The maximum absolute atomic E-state index is 12.2. The van der Waals surface area contributed by atoms with Crippen LogP contribution in [-0.2, 0) is 4.79 Å². The van der Waals surface area contributed by atoms with Crippen molar-refractivity contribution in [1.29, 1.82) is 0 Å². The minimum absolute atomic E-state index is 0.133. The number of para-hydroxylation sites is 1. The Kier molecular flexibility index (Phi) is 5.34. The van der Waals surface area contributed by atoms with E-state index in [0.717, 1.165) is 11.4 Å². The van der Waals surface area contributed by atoms with Gasteiger partial charge in [-0.3, -0.25) is 9.59 Å². The summed E-state index contributed by atoms with van der Waals surface area (Å²) in [7, 11) is 0. The lowest BCUT2D eigenvalue weighted by Crippen LogP contribution is -2.31. The molecule has 3 N–H and O–H groups in total. The molecule has 0 saturated heterocycles. The van der Waals surface area contributed by atoms with Crippen LogP contribution in [0.4, 0.5) is 17.1 Å². The summed E-state index contributed by atoms with van der Waals surface area (Å²) in [6, 6.07) is 19.2. The fourth-order valence-electron chi connectivity index (χ4n) is 2.34. The van der Waals surface area contributed by atoms with Crippen molar-refractivity contribution < 1.29 is 14.0 Å². The molecule has 0 saturated carbocycles. The van der Waals surface area contributed by atoms with Gasteiger partial charge in [0.25, 0.3) is 5.91 Å². The molecule has 0 bridgehead atoms. The molecule has 0 aliphatic carbocycles. The molecule has 6 nitrogen and oxygen atoms in total. The van der Waals surface area contributed by atoms with E-state index in [1.54, 1.807) is 43.3 Å². The number of furan rings is 1. The number of hydrogen-bond acceptors (Lipinski definition) is 4. The third kappa shape index (κ3) is 4.51. The Labute approximate surface area is 151 Å². The Bertz CT molecular complexity index is 859. The van der Waals surface area contributed by atoms with Crippen molar-refractivity contribution in [3.8, 4) is 0 Å². The van der Waals surface area contributed by atoms with Crippen LogP contribution in [0.2, 0.25) is 0 Å². The first kappa shape index (κ1) is 17.3. The van der Waals surface area contributed by atoms with E-state index in [4.69, 9.17) is 4.42 Å². The number of anilines is 3. The van der Waals surface area contributed by atoms with Gasteiger partial charge >= 0.3 is 0 Å². The summed E-state index contributed by atoms with van der Waals surface area (Å²) in [5, 5.41) is 8.71. The van der Waals surface area contributed by atoms with Gasteiger partial charge in [-0.05, 0) is 55.5 Å². The molecule has 0 aliphatic heterocycles. The summed E-state index contributed by atoms with van der Waals surface area (Å²) in [6.07, 6.45) is 1.45. The Balaban J connectivity index is 1.55. The summed E-state index contributed by atoms with van der Waals surface area (Å²) < 4.78 is 5.05. The van der Waals surface area contributed by atoms with E-state index in [1.807, 2.05) is 30.3 Å². The number of amides is 2. The van der Waals surface area contributed by atoms with Gasteiger partial charge in [-0.25, -0.2) is 0 Å². The van der Waals surface area contributed by atoms with Crippen LogP contribution >= 0.6 is 0 Å². The van der Waals surface area contributed by atoms with Crippen LogP contribution in [0, 0.1) is 0 Å². The predicted molar refractivity (Wildman–Crippen MR) is 101 cm³/mol. The van der Waals surface area contributed by atoms with Crippen molar-refractivity contribution in [1.82, 2.24) is 0 Å². The van der Waals surface area contributed by atoms with Crippen LogP contribution in [0.25, 0.3) is 0 Å². The summed E-state index contributed by atoms with van der Waals surface area (Å²) in [5.74, 6) is -0.198. The van der Waals surface area contributed by atoms with Gasteiger partial charge in [0, 0.05) is 17.1 Å². The molecule has 3 aromatic rings. The molecule has 6 heteroatoms. The first-order chi connectivity index (χ1) is 12.6. The standard InChI is InChI=1S/C20H19N3O3/c1-14(19(24)22-15-6-3-2-4-7-15)21-16-9-11-17(12-10-16)23-20(25)18-8-5-13-26-18/h2-14,21H,1H3,(H,22,24)(H,23,25)/t14-/m1/s1. The van der Waals surface area contributed by atoms with Gasteiger partial charge in [0.15, 0.2) is 5.76 Å². The van der Waals surface area contributed by atoms with Gasteiger partial charge < -0.3 is 20.4 Å². The topological polar surface area (TPSA) is 83.4 Å². The van der Waals surface area contributed by atoms with Crippen molar-refractivity contribution in [2.24, 2.45) is 0 Å². The second-order valence-electron chi connectivity index (χ2n) is 5.73. The van der Waals surface area contributed by atoms with Crippen molar-refractivity contribution in [3.05, 3.63) is 78.8 Å². The normalized spacial score (nSPS) is 11.4. The molecule has 3 rings (SSSR count). The van der Waals surface area contributed by atoms with Crippen LogP contribution in [0.1, 0.15) is 17.5 Å². The van der Waals surface area contributed by atoms with Gasteiger partial charge in [0.1, 0.15) is 6.04 Å². The molecule has 132 valence electrons. The van der Waals surface area contributed by atoms with E-state index in [9.17, 15) is 9.59 Å². The molecule has 0 unspecified atom stereocenters. The van der Waals surface area contributed by atoms with Gasteiger partial charge in [-0.2, -0.15) is 0 Å². The van der Waals surface area contributed by atoms with E-state index in [2.05, 4.69) is 16.0 Å². The fraction of sp³-hybridized carbons (Fsp3) is 0.100. The van der Waals surface area contributed by atoms with Crippen LogP contribution in [0.15, 0.2) is 77.4 Å². The van der Waals surface area contributed by atoms with Crippen molar-refractivity contribution in [3.63, 3.8) is 0 Å². The summed E-state index contributed by atoms with van der Waals surface area (Å²) in [5.41, 5.74) is 2.16. The zero-order valence-corrected chi connectivity index (χ0v) is 14.2. The van der Waals surface area contributed by atoms with E-state index in [1.165, 1.54) is 6.26 Å². The number of carbonyl (C=O) groups is 2. The minimum Gasteiger partial charge on any atom is -0.459 e. The quantitative estimate of drug-likeness (QED) is 0.629. The highest BCUT2D eigenvalue weighted by molar-refractivity contribution is 6.02. The van der Waals surface area contributed by atoms with Crippen LogP contribution in [-0.4, -0.2) is 17.9 Å². The van der Waals surface area contributed by atoms with Crippen molar-refractivity contribution in [2.75, 3.05) is 16.0 Å². The zero-order valence-electron chi connectivity index (χ0n) is 14.2. The SMILES string of the molecule is C[C@@H](Nc1ccc(NC(=O)c2ccco2)cc1)C(=O)Nc1ccccc1. The molecule has 0 fully saturated rings. The maximum atomic E-state index is 12.2. The lowest BCUT2D eigenvalue weighted by Gasteiger charge is -2.15. The summed E-state index contributed by atoms with van der Waals surface area (Å²) in [4.78, 5) is 24.1. The molecule has 0 aliphatic rings. The van der Waals surface area contributed by atoms with Crippen molar-refractivity contribution in [2.45, 2.75) is 13.0 Å². The lowest BCUT2D eigenvalue weighted by atomic mass is 10.2. The number of benzene rings is 2. The average Bonchev–Trinajstić information content (AvgIpc) is 3.19. The molecule has 2 amide bonds. The van der Waals surface area contributed by atoms with Gasteiger partial charge in [0.05, 0.1) is 6.26 Å². The molecule has 1 aromatic heterocycles. The second kappa shape index (κ2) is 8.02. The highest BCUT2D eigenvalue weighted by atomic mass is 16.3. The van der Waals surface area contributed by atoms with E-state index in [-0.39, 0.29) is 17.6 Å². The van der Waals surface area contributed by atoms with Gasteiger partial charge in [0.2, 0.25) is 5.91 Å². The highest BCUT2D eigenvalue weighted by Gasteiger charge is 2.13. The lowest BCUT2D eigenvalue weighted by molar-refractivity contribution is -0.116.